The lowest BCUT2D eigenvalue weighted by molar-refractivity contribution is 0.0601. The Morgan fingerprint density at radius 3 is 2.86 bits per heavy atom. The molecule has 5 nitrogen and oxygen atoms in total. The second kappa shape index (κ2) is 8.35. The zero-order chi connectivity index (χ0) is 20.2. The fourth-order valence-electron chi connectivity index (χ4n) is 2.71. The summed E-state index contributed by atoms with van der Waals surface area (Å²) < 4.78 is 12.5. The second-order valence-electron chi connectivity index (χ2n) is 5.94. The number of ether oxygens (including phenoxy) is 1. The van der Waals surface area contributed by atoms with Crippen molar-refractivity contribution in [1.29, 1.82) is 5.26 Å². The van der Waals surface area contributed by atoms with Crippen LogP contribution in [0.5, 0.6) is 0 Å². The Bertz CT molecular complexity index is 1230. The number of thioether (sulfide) groups is 1. The fraction of sp³-hybridized carbons (Fsp3) is 0.0455. The summed E-state index contributed by atoms with van der Waals surface area (Å²) in [4.78, 5) is 16.7. The van der Waals surface area contributed by atoms with Crippen molar-refractivity contribution in [1.82, 2.24) is 4.98 Å². The monoisotopic (exact) mass is 418 g/mol. The third kappa shape index (κ3) is 4.24. The zero-order valence-electron chi connectivity index (χ0n) is 15.3. The predicted molar refractivity (Wildman–Crippen MR) is 115 cm³/mol. The van der Waals surface area contributed by atoms with Gasteiger partial charge in [0.05, 0.1) is 27.8 Å². The number of para-hydroxylation sites is 1. The Kier molecular flexibility index (Phi) is 5.47. The molecule has 0 radical (unpaired) electrons. The first kappa shape index (κ1) is 19.0. The van der Waals surface area contributed by atoms with E-state index in [4.69, 9.17) is 9.15 Å². The van der Waals surface area contributed by atoms with Gasteiger partial charge in [-0.1, -0.05) is 24.3 Å². The minimum Gasteiger partial charge on any atom is -0.465 e. The minimum atomic E-state index is -0.405. The highest BCUT2D eigenvalue weighted by atomic mass is 32.2. The number of esters is 1. The van der Waals surface area contributed by atoms with Crippen LogP contribution in [0.15, 0.2) is 74.3 Å². The Morgan fingerprint density at radius 2 is 2.07 bits per heavy atom. The van der Waals surface area contributed by atoms with E-state index in [9.17, 15) is 10.1 Å². The van der Waals surface area contributed by atoms with Gasteiger partial charge in [0.15, 0.2) is 4.34 Å². The normalized spacial score (nSPS) is 11.4. The quantitative estimate of drug-likeness (QED) is 0.225. The second-order valence-corrected chi connectivity index (χ2v) is 8.26. The molecule has 0 fully saturated rings. The molecular formula is C22H14N2O3S2. The molecule has 0 N–H and O–H groups in total. The Morgan fingerprint density at radius 1 is 1.21 bits per heavy atom. The number of nitrogens with zero attached hydrogens (tertiary/aromatic N) is 2. The highest BCUT2D eigenvalue weighted by Crippen LogP contribution is 2.35. The van der Waals surface area contributed by atoms with Gasteiger partial charge >= 0.3 is 5.97 Å². The fourth-order valence-corrected chi connectivity index (χ4v) is 4.66. The molecule has 7 heteroatoms. The zero-order valence-corrected chi connectivity index (χ0v) is 16.9. The van der Waals surface area contributed by atoms with Crippen molar-refractivity contribution in [3.8, 4) is 17.4 Å². The summed E-state index contributed by atoms with van der Waals surface area (Å²) in [6.07, 6.45) is 1.68. The third-order valence-electron chi connectivity index (χ3n) is 4.05. The number of rotatable bonds is 5. The molecule has 0 unspecified atom stereocenters. The third-order valence-corrected chi connectivity index (χ3v) is 6.08. The Labute approximate surface area is 175 Å². The number of carbonyl (C=O) groups is 1. The van der Waals surface area contributed by atoms with Crippen molar-refractivity contribution < 1.29 is 13.9 Å². The molecular weight excluding hydrogens is 404 g/mol. The number of fused-ring (bicyclic) bond motifs is 1. The molecule has 0 aliphatic rings. The first-order valence-corrected chi connectivity index (χ1v) is 10.2. The van der Waals surface area contributed by atoms with Crippen LogP contribution in [0.1, 0.15) is 16.1 Å². The van der Waals surface area contributed by atoms with Crippen molar-refractivity contribution in [3.63, 3.8) is 0 Å². The molecule has 2 aromatic carbocycles. The van der Waals surface area contributed by atoms with Crippen LogP contribution in [0, 0.1) is 11.3 Å². The van der Waals surface area contributed by atoms with E-state index in [1.165, 1.54) is 18.9 Å². The molecule has 4 rings (SSSR count). The van der Waals surface area contributed by atoms with Crippen LogP contribution in [-0.4, -0.2) is 18.1 Å². The predicted octanol–water partition coefficient (Wildman–Crippen LogP) is 6.00. The van der Waals surface area contributed by atoms with Crippen LogP contribution < -0.4 is 0 Å². The topological polar surface area (TPSA) is 76.1 Å². The molecule has 0 atom stereocenters. The molecule has 0 aliphatic heterocycles. The van der Waals surface area contributed by atoms with E-state index in [0.717, 1.165) is 20.1 Å². The molecule has 0 saturated heterocycles. The summed E-state index contributed by atoms with van der Waals surface area (Å²) in [5.74, 6) is 0.746. The number of methoxy groups -OCH3 is 1. The summed E-state index contributed by atoms with van der Waals surface area (Å²) >= 11 is 2.86. The molecule has 0 spiro atoms. The number of furan rings is 1. The number of allylic oxidation sites excluding steroid dienone is 1. The van der Waals surface area contributed by atoms with Crippen LogP contribution in [0.3, 0.4) is 0 Å². The molecule has 0 amide bonds. The van der Waals surface area contributed by atoms with Crippen LogP contribution in [0.25, 0.3) is 27.6 Å². The van der Waals surface area contributed by atoms with Crippen molar-refractivity contribution in [2.75, 3.05) is 7.11 Å². The van der Waals surface area contributed by atoms with E-state index >= 15 is 0 Å². The summed E-state index contributed by atoms with van der Waals surface area (Å²) in [6.45, 7) is 0. The average Bonchev–Trinajstić information content (AvgIpc) is 3.39. The maximum Gasteiger partial charge on any atom is 0.337 e. The first-order valence-electron chi connectivity index (χ1n) is 8.60. The Balaban J connectivity index is 1.57. The number of aromatic nitrogens is 1. The van der Waals surface area contributed by atoms with Gasteiger partial charge in [0.2, 0.25) is 0 Å². The minimum absolute atomic E-state index is 0.405. The number of nitriles is 1. The van der Waals surface area contributed by atoms with Crippen LogP contribution in [0.4, 0.5) is 0 Å². The summed E-state index contributed by atoms with van der Waals surface area (Å²) in [5.41, 5.74) is 2.12. The van der Waals surface area contributed by atoms with Gasteiger partial charge in [0, 0.05) is 11.6 Å². The summed E-state index contributed by atoms with van der Waals surface area (Å²) in [6, 6.07) is 20.7. The van der Waals surface area contributed by atoms with Gasteiger partial charge in [0.25, 0.3) is 0 Å². The van der Waals surface area contributed by atoms with Gasteiger partial charge in [-0.25, -0.2) is 9.78 Å². The lowest BCUT2D eigenvalue weighted by Gasteiger charge is -2.01. The Hall–Kier alpha value is -3.34. The van der Waals surface area contributed by atoms with E-state index in [1.807, 2.05) is 30.3 Å². The maximum atomic E-state index is 11.7. The highest BCUT2D eigenvalue weighted by molar-refractivity contribution is 8.05. The van der Waals surface area contributed by atoms with Crippen LogP contribution in [-0.2, 0) is 4.74 Å². The lowest BCUT2D eigenvalue weighted by atomic mass is 10.1. The molecule has 2 aromatic heterocycles. The van der Waals surface area contributed by atoms with Crippen molar-refractivity contribution >= 4 is 45.4 Å². The number of benzene rings is 2. The number of thiazole rings is 1. The molecule has 2 heterocycles. The van der Waals surface area contributed by atoms with Crippen molar-refractivity contribution in [2.24, 2.45) is 0 Å². The molecule has 0 bridgehead atoms. The lowest BCUT2D eigenvalue weighted by Crippen LogP contribution is -2.00. The van der Waals surface area contributed by atoms with Gasteiger partial charge in [-0.05, 0) is 48.2 Å². The van der Waals surface area contributed by atoms with E-state index in [0.29, 0.717) is 22.0 Å². The van der Waals surface area contributed by atoms with E-state index in [-0.39, 0.29) is 0 Å². The summed E-state index contributed by atoms with van der Waals surface area (Å²) in [5, 5.41) is 9.52. The van der Waals surface area contributed by atoms with Gasteiger partial charge < -0.3 is 9.15 Å². The number of hydrogen-bond acceptors (Lipinski definition) is 7. The van der Waals surface area contributed by atoms with Crippen LogP contribution >= 0.6 is 23.1 Å². The molecule has 29 heavy (non-hydrogen) atoms. The smallest absolute Gasteiger partial charge is 0.337 e. The maximum absolute atomic E-state index is 11.7. The van der Waals surface area contributed by atoms with Crippen molar-refractivity contribution in [2.45, 2.75) is 4.34 Å². The largest absolute Gasteiger partial charge is 0.465 e. The molecule has 0 aliphatic carbocycles. The SMILES string of the molecule is COC(=O)c1cccc(-c2ccc(C=C(C#N)Sc3nc4ccccc4s3)o2)c1. The van der Waals surface area contributed by atoms with Crippen LogP contribution in [0.2, 0.25) is 0 Å². The van der Waals surface area contributed by atoms with Crippen molar-refractivity contribution in [3.05, 3.63) is 76.9 Å². The number of carbonyl (C=O) groups excluding carboxylic acids is 1. The molecule has 0 saturated carbocycles. The first-order chi connectivity index (χ1) is 14.2. The van der Waals surface area contributed by atoms with E-state index in [2.05, 4.69) is 11.1 Å². The molecule has 142 valence electrons. The van der Waals surface area contributed by atoms with Gasteiger partial charge in [-0.3, -0.25) is 0 Å². The van der Waals surface area contributed by atoms with Gasteiger partial charge in [-0.15, -0.1) is 11.3 Å². The molecule has 4 aromatic rings. The highest BCUT2D eigenvalue weighted by Gasteiger charge is 2.11. The van der Waals surface area contributed by atoms with E-state index in [1.54, 1.807) is 47.7 Å². The summed E-state index contributed by atoms with van der Waals surface area (Å²) in [7, 11) is 1.34. The number of hydrogen-bond donors (Lipinski definition) is 0. The standard InChI is InChI=1S/C22H14N2O3S2/c1-26-21(25)15-6-4-5-14(11-15)19-10-9-16(27-19)12-17(13-23)28-22-24-18-7-2-3-8-20(18)29-22/h2-12H,1H3. The van der Waals surface area contributed by atoms with Gasteiger partial charge in [0.1, 0.15) is 17.6 Å². The average molecular weight is 418 g/mol. The van der Waals surface area contributed by atoms with Gasteiger partial charge in [-0.2, -0.15) is 5.26 Å². The van der Waals surface area contributed by atoms with E-state index < -0.39 is 5.97 Å².